The molecule has 104 valence electrons. The van der Waals surface area contributed by atoms with Crippen LogP contribution < -0.4 is 10.1 Å². The summed E-state index contributed by atoms with van der Waals surface area (Å²) in [5.41, 5.74) is 0. The molecule has 0 atom stereocenters. The average molecular weight is 267 g/mol. The molecule has 4 heteroatoms. The van der Waals surface area contributed by atoms with Crippen molar-refractivity contribution in [1.29, 1.82) is 0 Å². The zero-order chi connectivity index (χ0) is 13.2. The summed E-state index contributed by atoms with van der Waals surface area (Å²) in [7, 11) is 0. The van der Waals surface area contributed by atoms with Gasteiger partial charge in [-0.1, -0.05) is 6.07 Å². The predicted molar refractivity (Wildman–Crippen MR) is 69.1 cm³/mol. The van der Waals surface area contributed by atoms with Gasteiger partial charge >= 0.3 is 0 Å². The van der Waals surface area contributed by atoms with Gasteiger partial charge in [-0.05, 0) is 49.7 Å². The van der Waals surface area contributed by atoms with Gasteiger partial charge in [-0.2, -0.15) is 4.39 Å². The fourth-order valence-electron chi connectivity index (χ4n) is 2.61. The van der Waals surface area contributed by atoms with Crippen molar-refractivity contribution in [3.63, 3.8) is 0 Å². The number of hydrogen-bond acceptors (Lipinski definition) is 2. The number of nitrogens with one attached hydrogen (secondary N) is 1. The van der Waals surface area contributed by atoms with Gasteiger partial charge in [0.1, 0.15) is 6.61 Å². The van der Waals surface area contributed by atoms with Crippen molar-refractivity contribution in [2.75, 3.05) is 13.2 Å². The Balaban J connectivity index is 1.43. The minimum Gasteiger partial charge on any atom is -0.489 e. The third kappa shape index (κ3) is 3.24. The molecular weight excluding hydrogens is 248 g/mol. The van der Waals surface area contributed by atoms with Crippen LogP contribution in [-0.4, -0.2) is 19.2 Å². The second-order valence-electron chi connectivity index (χ2n) is 5.56. The molecule has 0 radical (unpaired) electrons. The first-order valence-electron chi connectivity index (χ1n) is 7.06. The molecule has 0 spiro atoms. The van der Waals surface area contributed by atoms with E-state index in [2.05, 4.69) is 5.32 Å². The summed E-state index contributed by atoms with van der Waals surface area (Å²) in [6.07, 6.45) is 5.31. The number of halogens is 2. The average Bonchev–Trinajstić information content (AvgIpc) is 3.27. The maximum absolute atomic E-state index is 13.3. The zero-order valence-electron chi connectivity index (χ0n) is 10.9. The van der Waals surface area contributed by atoms with Crippen LogP contribution in [0.5, 0.6) is 5.75 Å². The summed E-state index contributed by atoms with van der Waals surface area (Å²) in [5, 5.41) is 3.51. The predicted octanol–water partition coefficient (Wildman–Crippen LogP) is 3.12. The molecular formula is C15H19F2NO. The SMILES string of the molecule is Fc1cccc(OCCNC(C2CC2)C2CC2)c1F. The van der Waals surface area contributed by atoms with Crippen LogP contribution in [0.2, 0.25) is 0 Å². The van der Waals surface area contributed by atoms with E-state index in [4.69, 9.17) is 4.74 Å². The van der Waals surface area contributed by atoms with Gasteiger partial charge in [-0.25, -0.2) is 4.39 Å². The van der Waals surface area contributed by atoms with Gasteiger partial charge in [0.2, 0.25) is 5.82 Å². The van der Waals surface area contributed by atoms with Crippen LogP contribution in [-0.2, 0) is 0 Å². The molecule has 1 aromatic rings. The summed E-state index contributed by atoms with van der Waals surface area (Å²) in [4.78, 5) is 0. The molecule has 0 saturated heterocycles. The number of hydrogen-bond donors (Lipinski definition) is 1. The van der Waals surface area contributed by atoms with Gasteiger partial charge in [0.25, 0.3) is 0 Å². The second-order valence-corrected chi connectivity index (χ2v) is 5.56. The standard InChI is InChI=1S/C15H19F2NO/c16-12-2-1-3-13(14(12)17)19-9-8-18-15(10-4-5-10)11-6-7-11/h1-3,10-11,15,18H,4-9H2. The van der Waals surface area contributed by atoms with Crippen LogP contribution in [0, 0.1) is 23.5 Å². The Morgan fingerprint density at radius 3 is 2.47 bits per heavy atom. The highest BCUT2D eigenvalue weighted by Gasteiger charge is 2.40. The van der Waals surface area contributed by atoms with Gasteiger partial charge in [0.15, 0.2) is 11.6 Å². The number of rotatable bonds is 7. The molecule has 3 rings (SSSR count). The number of ether oxygens (including phenoxy) is 1. The molecule has 19 heavy (non-hydrogen) atoms. The van der Waals surface area contributed by atoms with Crippen molar-refractivity contribution in [3.8, 4) is 5.75 Å². The van der Waals surface area contributed by atoms with Crippen molar-refractivity contribution in [1.82, 2.24) is 5.32 Å². The van der Waals surface area contributed by atoms with Crippen LogP contribution in [0.4, 0.5) is 8.78 Å². The Hall–Kier alpha value is -1.16. The molecule has 2 fully saturated rings. The van der Waals surface area contributed by atoms with E-state index < -0.39 is 11.6 Å². The normalized spacial score (nSPS) is 18.9. The minimum absolute atomic E-state index is 0.00352. The fourth-order valence-corrected chi connectivity index (χ4v) is 2.61. The highest BCUT2D eigenvalue weighted by Crippen LogP contribution is 2.44. The molecule has 2 aliphatic carbocycles. The van der Waals surface area contributed by atoms with Gasteiger partial charge in [-0.15, -0.1) is 0 Å². The Bertz CT molecular complexity index is 432. The van der Waals surface area contributed by atoms with Crippen molar-refractivity contribution >= 4 is 0 Å². The smallest absolute Gasteiger partial charge is 0.200 e. The van der Waals surface area contributed by atoms with E-state index in [1.165, 1.54) is 37.8 Å². The topological polar surface area (TPSA) is 21.3 Å². The first-order valence-corrected chi connectivity index (χ1v) is 7.06. The lowest BCUT2D eigenvalue weighted by molar-refractivity contribution is 0.278. The van der Waals surface area contributed by atoms with E-state index in [1.807, 2.05) is 0 Å². The van der Waals surface area contributed by atoms with Crippen LogP contribution in [0.1, 0.15) is 25.7 Å². The maximum Gasteiger partial charge on any atom is 0.200 e. The third-order valence-corrected chi connectivity index (χ3v) is 3.92. The monoisotopic (exact) mass is 267 g/mol. The lowest BCUT2D eigenvalue weighted by Gasteiger charge is -2.17. The van der Waals surface area contributed by atoms with Crippen LogP contribution in [0.3, 0.4) is 0 Å². The van der Waals surface area contributed by atoms with Crippen molar-refractivity contribution in [3.05, 3.63) is 29.8 Å². The Morgan fingerprint density at radius 1 is 1.16 bits per heavy atom. The van der Waals surface area contributed by atoms with Gasteiger partial charge < -0.3 is 10.1 Å². The van der Waals surface area contributed by atoms with E-state index >= 15 is 0 Å². The fraction of sp³-hybridized carbons (Fsp3) is 0.600. The molecule has 0 bridgehead atoms. The molecule has 2 aliphatic rings. The lowest BCUT2D eigenvalue weighted by Crippen LogP contribution is -2.36. The molecule has 0 unspecified atom stereocenters. The van der Waals surface area contributed by atoms with Crippen LogP contribution >= 0.6 is 0 Å². The van der Waals surface area contributed by atoms with E-state index in [1.54, 1.807) is 0 Å². The van der Waals surface area contributed by atoms with E-state index in [0.29, 0.717) is 19.2 Å². The highest BCUT2D eigenvalue weighted by molar-refractivity contribution is 5.24. The molecule has 0 heterocycles. The van der Waals surface area contributed by atoms with Crippen LogP contribution in [0.25, 0.3) is 0 Å². The van der Waals surface area contributed by atoms with E-state index in [-0.39, 0.29) is 5.75 Å². The molecule has 2 nitrogen and oxygen atoms in total. The maximum atomic E-state index is 13.3. The Labute approximate surface area is 112 Å². The van der Waals surface area contributed by atoms with Gasteiger partial charge in [0.05, 0.1) is 0 Å². The van der Waals surface area contributed by atoms with Crippen LogP contribution in [0.15, 0.2) is 18.2 Å². The molecule has 0 aliphatic heterocycles. The van der Waals surface area contributed by atoms with Crippen molar-refractivity contribution in [2.24, 2.45) is 11.8 Å². The first kappa shape index (κ1) is 12.9. The summed E-state index contributed by atoms with van der Waals surface area (Å²) >= 11 is 0. The largest absolute Gasteiger partial charge is 0.489 e. The first-order chi connectivity index (χ1) is 9.25. The molecule has 2 saturated carbocycles. The molecule has 0 aromatic heterocycles. The second kappa shape index (κ2) is 5.45. The number of benzene rings is 1. The quantitative estimate of drug-likeness (QED) is 0.766. The Kier molecular flexibility index (Phi) is 3.69. The summed E-state index contributed by atoms with van der Waals surface area (Å²) in [6.45, 7) is 1.06. The Morgan fingerprint density at radius 2 is 1.84 bits per heavy atom. The lowest BCUT2D eigenvalue weighted by atomic mass is 10.1. The molecule has 1 N–H and O–H groups in total. The van der Waals surface area contributed by atoms with Crippen molar-refractivity contribution < 1.29 is 13.5 Å². The summed E-state index contributed by atoms with van der Waals surface area (Å²) < 4.78 is 31.6. The third-order valence-electron chi connectivity index (χ3n) is 3.92. The zero-order valence-corrected chi connectivity index (χ0v) is 10.9. The van der Waals surface area contributed by atoms with Gasteiger partial charge in [-0.3, -0.25) is 0 Å². The van der Waals surface area contributed by atoms with Gasteiger partial charge in [0, 0.05) is 12.6 Å². The minimum atomic E-state index is -0.900. The van der Waals surface area contributed by atoms with Crippen molar-refractivity contribution in [2.45, 2.75) is 31.7 Å². The van der Waals surface area contributed by atoms with E-state index in [0.717, 1.165) is 17.9 Å². The summed E-state index contributed by atoms with van der Waals surface area (Å²) in [5.74, 6) is -0.101. The highest BCUT2D eigenvalue weighted by atomic mass is 19.2. The summed E-state index contributed by atoms with van der Waals surface area (Å²) in [6, 6.07) is 4.62. The van der Waals surface area contributed by atoms with E-state index in [9.17, 15) is 8.78 Å². The molecule has 0 amide bonds. The molecule has 1 aromatic carbocycles.